The van der Waals surface area contributed by atoms with Gasteiger partial charge in [-0.15, -0.1) is 0 Å². The fraction of sp³-hybridized carbons (Fsp3) is 0. The third-order valence-electron chi connectivity index (χ3n) is 0.201. The average Bonchev–Trinajstić information content (AvgIpc) is 1.36. The minimum atomic E-state index is -1.06. The Bertz CT molecular complexity index is 77.5. The van der Waals surface area contributed by atoms with E-state index in [0.29, 0.717) is 0 Å². The van der Waals surface area contributed by atoms with Gasteiger partial charge < -0.3 is 23.2 Å². The number of nitrogens with two attached hydrogens (primary N) is 1. The maximum atomic E-state index is 9.48. The Labute approximate surface area is 39.9 Å². The summed E-state index contributed by atoms with van der Waals surface area (Å²) in [5.41, 5.74) is 4.34. The Morgan fingerprint density at radius 2 is 1.67 bits per heavy atom. The van der Waals surface area contributed by atoms with Gasteiger partial charge in [-0.2, -0.15) is 0 Å². The van der Waals surface area contributed by atoms with Crippen molar-refractivity contribution in [2.75, 3.05) is 0 Å². The van der Waals surface area contributed by atoms with E-state index in [0.717, 1.165) is 0 Å². The molecular weight excluding hydrogens is 102 g/mol. The molecule has 0 aliphatic heterocycles. The van der Waals surface area contributed by atoms with Crippen LogP contribution in [-0.4, -0.2) is 11.0 Å². The summed E-state index contributed by atoms with van der Waals surface area (Å²) in [6, 6.07) is 0. The predicted molar refractivity (Wildman–Crippen MR) is 21.6 cm³/mol. The normalized spacial score (nSPS) is 7.33. The van der Waals surface area contributed by atoms with Crippen LogP contribution in [0.2, 0.25) is 0 Å². The van der Waals surface area contributed by atoms with E-state index in [1.807, 2.05) is 0 Å². The highest BCUT2D eigenvalue weighted by molar-refractivity contribution is 7.79. The van der Waals surface area contributed by atoms with Crippen LogP contribution in [-0.2, 0) is 22.2 Å². The van der Waals surface area contributed by atoms with Crippen molar-refractivity contribution in [1.29, 1.82) is 0 Å². The minimum Gasteiger partial charge on any atom is -0.732 e. The van der Waals surface area contributed by atoms with Gasteiger partial charge in [0.05, 0.1) is 5.12 Å². The summed E-state index contributed by atoms with van der Waals surface area (Å²) in [5.74, 6) is -1.06. The fourth-order valence-electron chi connectivity index (χ4n) is 0. The van der Waals surface area contributed by atoms with Crippen molar-refractivity contribution < 1.29 is 9.59 Å². The van der Waals surface area contributed by atoms with Crippen LogP contribution < -0.4 is 5.73 Å². The number of hydrogen-bond acceptors (Lipinski definition) is 3. The van der Waals surface area contributed by atoms with E-state index in [1.54, 1.807) is 0 Å². The SMILES string of the molecule is NC(=O)C(=O)[S-]. The van der Waals surface area contributed by atoms with Gasteiger partial charge in [-0.05, 0) is 0 Å². The molecule has 6 heavy (non-hydrogen) atoms. The molecule has 34 valence electrons. The fourth-order valence-corrected chi connectivity index (χ4v) is 0. The molecule has 1 amide bonds. The summed E-state index contributed by atoms with van der Waals surface area (Å²) < 4.78 is 0. The van der Waals surface area contributed by atoms with Gasteiger partial charge in [-0.25, -0.2) is 0 Å². The first-order chi connectivity index (χ1) is 2.64. The molecule has 0 heterocycles. The van der Waals surface area contributed by atoms with Crippen molar-refractivity contribution in [3.8, 4) is 0 Å². The molecule has 0 bridgehead atoms. The summed E-state index contributed by atoms with van der Waals surface area (Å²) in [6.45, 7) is 0. The van der Waals surface area contributed by atoms with E-state index in [4.69, 9.17) is 0 Å². The third kappa shape index (κ3) is 1.66. The first-order valence-electron chi connectivity index (χ1n) is 1.15. The minimum absolute atomic E-state index is 1.02. The Kier molecular flexibility index (Phi) is 1.53. The molecule has 0 saturated carbocycles. The zero-order chi connectivity index (χ0) is 5.15. The van der Waals surface area contributed by atoms with Gasteiger partial charge in [0.1, 0.15) is 0 Å². The van der Waals surface area contributed by atoms with E-state index >= 15 is 0 Å². The molecule has 0 atom stereocenters. The molecule has 4 heteroatoms. The van der Waals surface area contributed by atoms with Crippen molar-refractivity contribution in [3.05, 3.63) is 0 Å². The summed E-state index contributed by atoms with van der Waals surface area (Å²) in [4.78, 5) is 19.0. The lowest BCUT2D eigenvalue weighted by Gasteiger charge is -1.90. The van der Waals surface area contributed by atoms with Crippen molar-refractivity contribution in [2.24, 2.45) is 5.73 Å². The van der Waals surface area contributed by atoms with Gasteiger partial charge in [0.2, 0.25) is 0 Å². The summed E-state index contributed by atoms with van der Waals surface area (Å²) in [6.07, 6.45) is 0. The molecule has 0 aliphatic carbocycles. The smallest absolute Gasteiger partial charge is 0.261 e. The number of hydrogen-bond donors (Lipinski definition) is 1. The second-order valence-electron chi connectivity index (χ2n) is 0.652. The highest BCUT2D eigenvalue weighted by Crippen LogP contribution is 1.55. The zero-order valence-electron chi connectivity index (χ0n) is 2.80. The molecule has 0 radical (unpaired) electrons. The predicted octanol–water partition coefficient (Wildman–Crippen LogP) is -1.45. The van der Waals surface area contributed by atoms with E-state index in [2.05, 4.69) is 18.4 Å². The van der Waals surface area contributed by atoms with Crippen LogP contribution in [0.1, 0.15) is 0 Å². The van der Waals surface area contributed by atoms with Crippen LogP contribution in [0, 0.1) is 0 Å². The van der Waals surface area contributed by atoms with Gasteiger partial charge in [0, 0.05) is 0 Å². The van der Waals surface area contributed by atoms with Crippen LogP contribution in [0.25, 0.3) is 0 Å². The van der Waals surface area contributed by atoms with Gasteiger partial charge in [0.15, 0.2) is 0 Å². The molecule has 0 fully saturated rings. The van der Waals surface area contributed by atoms with E-state index < -0.39 is 11.0 Å². The van der Waals surface area contributed by atoms with Crippen molar-refractivity contribution in [2.45, 2.75) is 0 Å². The summed E-state index contributed by atoms with van der Waals surface area (Å²) in [7, 11) is 0. The number of amides is 1. The van der Waals surface area contributed by atoms with Gasteiger partial charge >= 0.3 is 0 Å². The second kappa shape index (κ2) is 1.71. The Hall–Kier alpha value is -0.640. The van der Waals surface area contributed by atoms with E-state index in [9.17, 15) is 9.59 Å². The third-order valence-corrected chi connectivity index (χ3v) is 0.402. The van der Waals surface area contributed by atoms with Gasteiger partial charge in [-0.1, -0.05) is 0 Å². The number of rotatable bonds is 1. The molecular formula is C2H2NO2S-. The molecule has 0 spiro atoms. The summed E-state index contributed by atoms with van der Waals surface area (Å²) >= 11 is 3.79. The molecule has 3 nitrogen and oxygen atoms in total. The molecule has 0 unspecified atom stereocenters. The quantitative estimate of drug-likeness (QED) is 0.327. The van der Waals surface area contributed by atoms with Crippen molar-refractivity contribution in [3.63, 3.8) is 0 Å². The van der Waals surface area contributed by atoms with Gasteiger partial charge in [-0.3, -0.25) is 4.79 Å². The Morgan fingerprint density at radius 1 is 1.50 bits per heavy atom. The standard InChI is InChI=1S/C2H3NO2S/c3-1(4)2(5)6/h(H2,3,4)(H,5,6)/p-1. The molecule has 0 rings (SSSR count). The monoisotopic (exact) mass is 104 g/mol. The zero-order valence-corrected chi connectivity index (χ0v) is 3.62. The lowest BCUT2D eigenvalue weighted by molar-refractivity contribution is -0.130. The van der Waals surface area contributed by atoms with Gasteiger partial charge in [0.25, 0.3) is 5.91 Å². The first-order valence-corrected chi connectivity index (χ1v) is 1.56. The highest BCUT2D eigenvalue weighted by atomic mass is 32.1. The molecule has 0 aromatic carbocycles. The van der Waals surface area contributed by atoms with Crippen LogP contribution >= 0.6 is 0 Å². The van der Waals surface area contributed by atoms with Crippen LogP contribution in [0.4, 0.5) is 0 Å². The molecule has 0 aliphatic rings. The topological polar surface area (TPSA) is 60.2 Å². The molecule has 2 N–H and O–H groups in total. The largest absolute Gasteiger partial charge is 0.732 e. The number of carbonyl (C=O) groups excluding carboxylic acids is 2. The van der Waals surface area contributed by atoms with Crippen LogP contribution in [0.15, 0.2) is 0 Å². The highest BCUT2D eigenvalue weighted by Gasteiger charge is 1.84. The van der Waals surface area contributed by atoms with Crippen molar-refractivity contribution in [1.82, 2.24) is 0 Å². The number of carbonyl (C=O) groups is 2. The molecule has 0 aromatic rings. The van der Waals surface area contributed by atoms with E-state index in [-0.39, 0.29) is 0 Å². The van der Waals surface area contributed by atoms with Crippen LogP contribution in [0.3, 0.4) is 0 Å². The lowest BCUT2D eigenvalue weighted by atomic mass is 10.7. The second-order valence-corrected chi connectivity index (χ2v) is 1.02. The Morgan fingerprint density at radius 3 is 1.67 bits per heavy atom. The summed E-state index contributed by atoms with van der Waals surface area (Å²) in [5, 5.41) is -1.02. The van der Waals surface area contributed by atoms with Crippen LogP contribution in [0.5, 0.6) is 0 Å². The number of primary amides is 1. The lowest BCUT2D eigenvalue weighted by Crippen LogP contribution is -2.19. The van der Waals surface area contributed by atoms with E-state index in [1.165, 1.54) is 0 Å². The Balaban J connectivity index is 3.57. The average molecular weight is 104 g/mol. The maximum Gasteiger partial charge on any atom is 0.261 e. The first kappa shape index (κ1) is 5.36. The maximum absolute atomic E-state index is 9.48. The molecule has 0 saturated heterocycles. The molecule has 0 aromatic heterocycles. The van der Waals surface area contributed by atoms with Crippen molar-refractivity contribution >= 4 is 23.7 Å².